The number of benzene rings is 1. The second-order valence-electron chi connectivity index (χ2n) is 4.32. The van der Waals surface area contributed by atoms with E-state index in [2.05, 4.69) is 40.8 Å². The van der Waals surface area contributed by atoms with Crippen molar-refractivity contribution in [3.63, 3.8) is 0 Å². The third-order valence-electron chi connectivity index (χ3n) is 2.80. The molecule has 0 spiro atoms. The van der Waals surface area contributed by atoms with E-state index in [9.17, 15) is 0 Å². The summed E-state index contributed by atoms with van der Waals surface area (Å²) in [7, 11) is 0. The number of halogens is 1. The van der Waals surface area contributed by atoms with Crippen LogP contribution in [0.25, 0.3) is 0 Å². The second kappa shape index (κ2) is 6.25. The lowest BCUT2D eigenvalue weighted by Gasteiger charge is -2.10. The van der Waals surface area contributed by atoms with Crippen LogP contribution in [0.2, 0.25) is 0 Å². The Labute approximate surface area is 116 Å². The molecule has 0 saturated heterocycles. The monoisotopic (exact) mass is 311 g/mol. The first-order chi connectivity index (χ1) is 8.70. The van der Waals surface area contributed by atoms with Crippen molar-refractivity contribution >= 4 is 15.9 Å². The minimum Gasteiger partial charge on any atom is -0.491 e. The summed E-state index contributed by atoms with van der Waals surface area (Å²) in [5, 5.41) is 3.47. The molecule has 0 saturated carbocycles. The average molecular weight is 312 g/mol. The predicted molar refractivity (Wildman–Crippen MR) is 76.5 cm³/mol. The summed E-state index contributed by atoms with van der Waals surface area (Å²) >= 11 is 3.27. The van der Waals surface area contributed by atoms with E-state index >= 15 is 0 Å². The van der Waals surface area contributed by atoms with Crippen molar-refractivity contribution in [1.82, 2.24) is 5.32 Å². The first-order valence-electron chi connectivity index (χ1n) is 6.17. The summed E-state index contributed by atoms with van der Waals surface area (Å²) in [4.78, 5) is 0. The average Bonchev–Trinajstić information content (AvgIpc) is 2.76. The van der Waals surface area contributed by atoms with E-state index in [1.807, 2.05) is 12.1 Å². The summed E-state index contributed by atoms with van der Waals surface area (Å²) in [5.41, 5.74) is 1.22. The van der Waals surface area contributed by atoms with E-state index in [0.717, 1.165) is 28.9 Å². The van der Waals surface area contributed by atoms with Crippen LogP contribution in [-0.4, -0.2) is 19.8 Å². The van der Waals surface area contributed by atoms with Gasteiger partial charge in [0.15, 0.2) is 0 Å². The van der Waals surface area contributed by atoms with E-state index in [4.69, 9.17) is 9.47 Å². The van der Waals surface area contributed by atoms with Crippen LogP contribution in [0.15, 0.2) is 29.3 Å². The second-order valence-corrected chi connectivity index (χ2v) is 5.44. The number of hydrogen-bond donors (Lipinski definition) is 1. The van der Waals surface area contributed by atoms with Crippen molar-refractivity contribution in [3.05, 3.63) is 34.8 Å². The van der Waals surface area contributed by atoms with Crippen molar-refractivity contribution in [2.24, 2.45) is 0 Å². The van der Waals surface area contributed by atoms with Crippen LogP contribution in [0, 0.1) is 0 Å². The highest BCUT2D eigenvalue weighted by atomic mass is 79.9. The van der Waals surface area contributed by atoms with Crippen molar-refractivity contribution in [3.8, 4) is 11.5 Å². The van der Waals surface area contributed by atoms with Crippen LogP contribution in [0.4, 0.5) is 0 Å². The van der Waals surface area contributed by atoms with Crippen molar-refractivity contribution in [1.29, 1.82) is 0 Å². The van der Waals surface area contributed by atoms with Gasteiger partial charge in [0.1, 0.15) is 24.7 Å². The van der Waals surface area contributed by atoms with Gasteiger partial charge in [0.2, 0.25) is 0 Å². The zero-order valence-electron chi connectivity index (χ0n) is 10.5. The summed E-state index contributed by atoms with van der Waals surface area (Å²) in [6, 6.07) is 6.30. The molecule has 0 amide bonds. The lowest BCUT2D eigenvalue weighted by Crippen LogP contribution is -2.22. The molecule has 18 heavy (non-hydrogen) atoms. The molecule has 2 rings (SSSR count). The molecule has 1 aromatic carbocycles. The van der Waals surface area contributed by atoms with E-state index in [0.29, 0.717) is 19.3 Å². The Hall–Kier alpha value is -1.00. The van der Waals surface area contributed by atoms with E-state index in [1.54, 1.807) is 0 Å². The summed E-state index contributed by atoms with van der Waals surface area (Å²) < 4.78 is 12.1. The van der Waals surface area contributed by atoms with Gasteiger partial charge >= 0.3 is 0 Å². The van der Waals surface area contributed by atoms with Gasteiger partial charge in [-0.25, -0.2) is 0 Å². The SMILES string of the molecule is C=C(Br)COc1ccc2c(c1)OCC2NCCC. The Kier molecular flexibility index (Phi) is 4.66. The van der Waals surface area contributed by atoms with E-state index < -0.39 is 0 Å². The largest absolute Gasteiger partial charge is 0.491 e. The van der Waals surface area contributed by atoms with Crippen LogP contribution in [-0.2, 0) is 0 Å². The maximum atomic E-state index is 5.68. The molecule has 0 aromatic heterocycles. The molecule has 1 aliphatic heterocycles. The first-order valence-corrected chi connectivity index (χ1v) is 6.96. The molecule has 98 valence electrons. The maximum Gasteiger partial charge on any atom is 0.128 e. The summed E-state index contributed by atoms with van der Waals surface area (Å²) in [5.74, 6) is 1.73. The first kappa shape index (κ1) is 13.4. The van der Waals surface area contributed by atoms with Gasteiger partial charge in [-0.05, 0) is 25.1 Å². The molecular weight excluding hydrogens is 294 g/mol. The third-order valence-corrected chi connectivity index (χ3v) is 3.03. The minimum atomic E-state index is 0.306. The molecule has 1 atom stereocenters. The molecular formula is C14H18BrNO2. The normalized spacial score (nSPS) is 17.1. The Balaban J connectivity index is 2.03. The third kappa shape index (κ3) is 3.27. The molecule has 0 aliphatic carbocycles. The maximum absolute atomic E-state index is 5.68. The highest BCUT2D eigenvalue weighted by Crippen LogP contribution is 2.35. The van der Waals surface area contributed by atoms with Crippen molar-refractivity contribution < 1.29 is 9.47 Å². The van der Waals surface area contributed by atoms with Crippen LogP contribution >= 0.6 is 15.9 Å². The lowest BCUT2D eigenvalue weighted by atomic mass is 10.1. The number of rotatable bonds is 6. The summed E-state index contributed by atoms with van der Waals surface area (Å²) in [6.45, 7) is 8.08. The number of ether oxygens (including phenoxy) is 2. The minimum absolute atomic E-state index is 0.306. The zero-order chi connectivity index (χ0) is 13.0. The molecule has 0 fully saturated rings. The van der Waals surface area contributed by atoms with Crippen LogP contribution in [0.1, 0.15) is 24.9 Å². The lowest BCUT2D eigenvalue weighted by molar-refractivity contribution is 0.309. The molecule has 0 radical (unpaired) electrons. The van der Waals surface area contributed by atoms with Crippen molar-refractivity contribution in [2.45, 2.75) is 19.4 Å². The highest BCUT2D eigenvalue weighted by molar-refractivity contribution is 9.11. The zero-order valence-corrected chi connectivity index (χ0v) is 12.1. The number of fused-ring (bicyclic) bond motifs is 1. The van der Waals surface area contributed by atoms with Gasteiger partial charge < -0.3 is 14.8 Å². The van der Waals surface area contributed by atoms with Gasteiger partial charge in [0.25, 0.3) is 0 Å². The van der Waals surface area contributed by atoms with Gasteiger partial charge in [-0.2, -0.15) is 0 Å². The fourth-order valence-corrected chi connectivity index (χ4v) is 2.04. The highest BCUT2D eigenvalue weighted by Gasteiger charge is 2.23. The van der Waals surface area contributed by atoms with Crippen LogP contribution < -0.4 is 14.8 Å². The molecule has 3 nitrogen and oxygen atoms in total. The number of hydrogen-bond acceptors (Lipinski definition) is 3. The Morgan fingerprint density at radius 2 is 2.44 bits per heavy atom. The summed E-state index contributed by atoms with van der Waals surface area (Å²) in [6.07, 6.45) is 1.13. The Bertz CT molecular complexity index is 434. The number of nitrogens with one attached hydrogen (secondary N) is 1. The Morgan fingerprint density at radius 3 is 3.17 bits per heavy atom. The van der Waals surface area contributed by atoms with Gasteiger partial charge in [-0.3, -0.25) is 0 Å². The quantitative estimate of drug-likeness (QED) is 0.873. The molecule has 1 unspecified atom stereocenters. The molecule has 1 aliphatic rings. The fourth-order valence-electron chi connectivity index (χ4n) is 1.93. The van der Waals surface area contributed by atoms with E-state index in [1.165, 1.54) is 5.56 Å². The van der Waals surface area contributed by atoms with Gasteiger partial charge in [0.05, 0.1) is 6.04 Å². The van der Waals surface area contributed by atoms with Gasteiger partial charge in [0, 0.05) is 16.1 Å². The van der Waals surface area contributed by atoms with Crippen LogP contribution in [0.3, 0.4) is 0 Å². The van der Waals surface area contributed by atoms with E-state index in [-0.39, 0.29) is 0 Å². The molecule has 1 N–H and O–H groups in total. The molecule has 4 heteroatoms. The topological polar surface area (TPSA) is 30.5 Å². The van der Waals surface area contributed by atoms with Crippen LogP contribution in [0.5, 0.6) is 11.5 Å². The smallest absolute Gasteiger partial charge is 0.128 e. The Morgan fingerprint density at radius 1 is 1.61 bits per heavy atom. The fraction of sp³-hybridized carbons (Fsp3) is 0.429. The van der Waals surface area contributed by atoms with Gasteiger partial charge in [-0.15, -0.1) is 0 Å². The molecule has 1 heterocycles. The standard InChI is InChI=1S/C14H18BrNO2/c1-3-6-16-13-9-18-14-7-11(4-5-12(13)14)17-8-10(2)15/h4-5,7,13,16H,2-3,6,8-9H2,1H3. The predicted octanol–water partition coefficient (Wildman–Crippen LogP) is 3.41. The molecule has 0 bridgehead atoms. The molecule has 1 aromatic rings. The van der Waals surface area contributed by atoms with Crippen molar-refractivity contribution in [2.75, 3.05) is 19.8 Å². The van der Waals surface area contributed by atoms with Gasteiger partial charge in [-0.1, -0.05) is 29.4 Å².